The van der Waals surface area contributed by atoms with Crippen molar-refractivity contribution in [1.82, 2.24) is 0 Å². The van der Waals surface area contributed by atoms with Gasteiger partial charge in [0, 0.05) is 11.4 Å². The molecule has 1 unspecified atom stereocenters. The maximum Gasteiger partial charge on any atom is 0.344 e. The lowest BCUT2D eigenvalue weighted by molar-refractivity contribution is -0.146. The van der Waals surface area contributed by atoms with E-state index >= 15 is 0 Å². The Morgan fingerprint density at radius 1 is 1.37 bits per heavy atom. The largest absolute Gasteiger partial charge is 0.480 e. The summed E-state index contributed by atoms with van der Waals surface area (Å²) in [5, 5.41) is 18.4. The summed E-state index contributed by atoms with van der Waals surface area (Å²) in [5.74, 6) is -0.255. The maximum atomic E-state index is 11.3. The lowest BCUT2D eigenvalue weighted by atomic mass is 10.3. The molecule has 0 amide bonds. The molecule has 7 heteroatoms. The number of halogens is 2. The highest BCUT2D eigenvalue weighted by Crippen LogP contribution is 2.27. The minimum Gasteiger partial charge on any atom is -0.480 e. The number of hydrogen-bond acceptors (Lipinski definition) is 5. The van der Waals surface area contributed by atoms with Gasteiger partial charge in [-0.15, -0.1) is 0 Å². The second-order valence-electron chi connectivity index (χ2n) is 3.71. The zero-order valence-corrected chi connectivity index (χ0v) is 11.5. The van der Waals surface area contributed by atoms with Crippen molar-refractivity contribution in [1.29, 1.82) is 0 Å². The normalized spacial score (nSPS) is 12.0. The van der Waals surface area contributed by atoms with E-state index in [9.17, 15) is 4.79 Å². The Kier molecular flexibility index (Phi) is 6.94. The summed E-state index contributed by atoms with van der Waals surface area (Å²) in [4.78, 5) is 11.3. The maximum absolute atomic E-state index is 11.3. The van der Waals surface area contributed by atoms with Gasteiger partial charge in [0.1, 0.15) is 5.75 Å². The van der Waals surface area contributed by atoms with Crippen LogP contribution in [0.25, 0.3) is 0 Å². The number of benzene rings is 1. The highest BCUT2D eigenvalue weighted by atomic mass is 35.5. The fraction of sp³-hybridized carbons (Fsp3) is 0.417. The van der Waals surface area contributed by atoms with E-state index in [1.54, 1.807) is 12.1 Å². The number of aliphatic hydroxyl groups is 2. The first-order valence-electron chi connectivity index (χ1n) is 5.55. The molecule has 1 aromatic carbocycles. The molecule has 1 aromatic rings. The SMILES string of the molecule is O=C(COc1ccc(Cl)cc1Cl)OCCC(O)CO. The Morgan fingerprint density at radius 3 is 2.74 bits per heavy atom. The molecule has 0 saturated heterocycles. The van der Waals surface area contributed by atoms with Gasteiger partial charge in [0.05, 0.1) is 24.3 Å². The zero-order chi connectivity index (χ0) is 14.3. The van der Waals surface area contributed by atoms with Gasteiger partial charge in [0.25, 0.3) is 0 Å². The summed E-state index contributed by atoms with van der Waals surface area (Å²) in [5.41, 5.74) is 0. The van der Waals surface area contributed by atoms with Crippen molar-refractivity contribution in [3.8, 4) is 5.75 Å². The van der Waals surface area contributed by atoms with Crippen LogP contribution in [-0.4, -0.2) is 42.1 Å². The van der Waals surface area contributed by atoms with Gasteiger partial charge in [-0.05, 0) is 18.2 Å². The first-order valence-corrected chi connectivity index (χ1v) is 6.31. The predicted molar refractivity (Wildman–Crippen MR) is 70.6 cm³/mol. The van der Waals surface area contributed by atoms with Crippen molar-refractivity contribution in [3.63, 3.8) is 0 Å². The first-order chi connectivity index (χ1) is 9.02. The molecule has 2 N–H and O–H groups in total. The van der Waals surface area contributed by atoms with Crippen LogP contribution in [0.3, 0.4) is 0 Å². The molecule has 1 rings (SSSR count). The second-order valence-corrected chi connectivity index (χ2v) is 4.55. The smallest absolute Gasteiger partial charge is 0.344 e. The van der Waals surface area contributed by atoms with Gasteiger partial charge in [-0.25, -0.2) is 4.79 Å². The fourth-order valence-corrected chi connectivity index (χ4v) is 1.63. The van der Waals surface area contributed by atoms with Gasteiger partial charge in [0.15, 0.2) is 6.61 Å². The van der Waals surface area contributed by atoms with Crippen LogP contribution in [0.15, 0.2) is 18.2 Å². The lowest BCUT2D eigenvalue weighted by Crippen LogP contribution is -2.20. The molecule has 5 nitrogen and oxygen atoms in total. The topological polar surface area (TPSA) is 76.0 Å². The first kappa shape index (κ1) is 16.0. The number of aliphatic hydroxyl groups excluding tert-OH is 2. The number of hydrogen-bond donors (Lipinski definition) is 2. The molecular weight excluding hydrogens is 295 g/mol. The standard InChI is InChI=1S/C12H14Cl2O5/c13-8-1-2-11(10(14)5-8)19-7-12(17)18-4-3-9(16)6-15/h1-2,5,9,15-16H,3-4,6-7H2. The summed E-state index contributed by atoms with van der Waals surface area (Å²) in [7, 11) is 0. The molecule has 0 bridgehead atoms. The summed E-state index contributed by atoms with van der Waals surface area (Å²) in [6.07, 6.45) is -0.719. The van der Waals surface area contributed by atoms with Crippen LogP contribution in [0.2, 0.25) is 10.0 Å². The lowest BCUT2D eigenvalue weighted by Gasteiger charge is -2.10. The molecular formula is C12H14Cl2O5. The average molecular weight is 309 g/mol. The zero-order valence-electron chi connectivity index (χ0n) is 10.0. The third kappa shape index (κ3) is 6.11. The molecule has 0 aliphatic heterocycles. The number of carbonyl (C=O) groups excluding carboxylic acids is 1. The van der Waals surface area contributed by atoms with Crippen LogP contribution >= 0.6 is 23.2 Å². The number of carbonyl (C=O) groups is 1. The van der Waals surface area contributed by atoms with Crippen LogP contribution in [0.4, 0.5) is 0 Å². The van der Waals surface area contributed by atoms with Crippen molar-refractivity contribution in [2.45, 2.75) is 12.5 Å². The van der Waals surface area contributed by atoms with E-state index in [1.165, 1.54) is 6.07 Å². The molecule has 1 atom stereocenters. The third-order valence-corrected chi connectivity index (χ3v) is 2.69. The number of esters is 1. The second kappa shape index (κ2) is 8.22. The molecule has 0 aliphatic rings. The van der Waals surface area contributed by atoms with Crippen molar-refractivity contribution < 1.29 is 24.5 Å². The van der Waals surface area contributed by atoms with Crippen LogP contribution in [0.1, 0.15) is 6.42 Å². The summed E-state index contributed by atoms with van der Waals surface area (Å²) in [6, 6.07) is 4.64. The molecule has 19 heavy (non-hydrogen) atoms. The molecule has 0 heterocycles. The minimum absolute atomic E-state index is 0.0122. The van der Waals surface area contributed by atoms with E-state index < -0.39 is 12.1 Å². The van der Waals surface area contributed by atoms with Crippen molar-refractivity contribution in [3.05, 3.63) is 28.2 Å². The van der Waals surface area contributed by atoms with E-state index in [4.69, 9.17) is 42.9 Å². The fourth-order valence-electron chi connectivity index (χ4n) is 1.17. The average Bonchev–Trinajstić information content (AvgIpc) is 2.37. The van der Waals surface area contributed by atoms with Crippen molar-refractivity contribution >= 4 is 29.2 Å². The molecule has 0 spiro atoms. The van der Waals surface area contributed by atoms with E-state index in [0.717, 1.165) is 0 Å². The Hall–Kier alpha value is -1.01. The van der Waals surface area contributed by atoms with Crippen LogP contribution < -0.4 is 4.74 Å². The highest BCUT2D eigenvalue weighted by Gasteiger charge is 2.09. The Balaban J connectivity index is 2.30. The Labute approximate surface area is 120 Å². The molecule has 0 saturated carbocycles. The van der Waals surface area contributed by atoms with Crippen LogP contribution in [0.5, 0.6) is 5.75 Å². The van der Waals surface area contributed by atoms with Gasteiger partial charge in [-0.2, -0.15) is 0 Å². The predicted octanol–water partition coefficient (Wildman–Crippen LogP) is 1.66. The van der Waals surface area contributed by atoms with Gasteiger partial charge >= 0.3 is 5.97 Å². The van der Waals surface area contributed by atoms with Crippen LogP contribution in [0, 0.1) is 0 Å². The minimum atomic E-state index is -0.889. The van der Waals surface area contributed by atoms with E-state index in [2.05, 4.69) is 0 Å². The van der Waals surface area contributed by atoms with Crippen molar-refractivity contribution in [2.24, 2.45) is 0 Å². The van der Waals surface area contributed by atoms with Gasteiger partial charge < -0.3 is 19.7 Å². The molecule has 106 valence electrons. The Bertz CT molecular complexity index is 425. The Morgan fingerprint density at radius 2 is 2.11 bits per heavy atom. The van der Waals surface area contributed by atoms with E-state index in [0.29, 0.717) is 15.8 Å². The quantitative estimate of drug-likeness (QED) is 0.749. The molecule has 0 fully saturated rings. The van der Waals surface area contributed by atoms with Crippen molar-refractivity contribution in [2.75, 3.05) is 19.8 Å². The van der Waals surface area contributed by atoms with Gasteiger partial charge in [0.2, 0.25) is 0 Å². The molecule has 0 aromatic heterocycles. The third-order valence-electron chi connectivity index (χ3n) is 2.16. The van der Waals surface area contributed by atoms with Crippen LogP contribution in [-0.2, 0) is 9.53 Å². The number of rotatable bonds is 7. The summed E-state index contributed by atoms with van der Waals surface area (Å²) in [6.45, 7) is -0.650. The van der Waals surface area contributed by atoms with Gasteiger partial charge in [-0.3, -0.25) is 0 Å². The monoisotopic (exact) mass is 308 g/mol. The number of ether oxygens (including phenoxy) is 2. The summed E-state index contributed by atoms with van der Waals surface area (Å²) >= 11 is 11.6. The molecule has 0 radical (unpaired) electrons. The van der Waals surface area contributed by atoms with E-state index in [1.807, 2.05) is 0 Å². The summed E-state index contributed by atoms with van der Waals surface area (Å²) < 4.78 is 9.96. The molecule has 0 aliphatic carbocycles. The van der Waals surface area contributed by atoms with E-state index in [-0.39, 0.29) is 26.2 Å². The van der Waals surface area contributed by atoms with Gasteiger partial charge in [-0.1, -0.05) is 23.2 Å². The highest BCUT2D eigenvalue weighted by molar-refractivity contribution is 6.35.